The average molecular weight is 327 g/mol. The molecule has 6 heteroatoms. The summed E-state index contributed by atoms with van der Waals surface area (Å²) in [4.78, 5) is 3.99. The number of imidazole rings is 1. The Labute approximate surface area is 120 Å². The molecule has 0 saturated heterocycles. The number of aryl methyl sites for hydroxylation is 1. The van der Waals surface area contributed by atoms with Crippen molar-refractivity contribution in [1.82, 2.24) is 9.55 Å². The van der Waals surface area contributed by atoms with Crippen LogP contribution >= 0.6 is 15.9 Å². The van der Waals surface area contributed by atoms with Crippen molar-refractivity contribution in [2.24, 2.45) is 0 Å². The van der Waals surface area contributed by atoms with Gasteiger partial charge in [0.05, 0.1) is 22.2 Å². The lowest BCUT2D eigenvalue weighted by Gasteiger charge is -2.10. The van der Waals surface area contributed by atoms with E-state index in [9.17, 15) is 4.39 Å². The van der Waals surface area contributed by atoms with Gasteiger partial charge < -0.3 is 15.6 Å². The normalized spacial score (nSPS) is 10.6. The molecule has 0 aliphatic rings. The minimum Gasteiger partial charge on any atom is -0.397 e. The molecule has 1 aromatic carbocycles. The number of nitrogens with zero attached hydrogens (tertiary/aromatic N) is 2. The molecule has 0 bridgehead atoms. The van der Waals surface area contributed by atoms with Crippen LogP contribution in [0.3, 0.4) is 0 Å². The zero-order valence-corrected chi connectivity index (χ0v) is 12.0. The van der Waals surface area contributed by atoms with Gasteiger partial charge in [-0.15, -0.1) is 0 Å². The first-order valence-electron chi connectivity index (χ1n) is 6.11. The van der Waals surface area contributed by atoms with E-state index in [1.165, 1.54) is 6.07 Å². The quantitative estimate of drug-likeness (QED) is 0.632. The Morgan fingerprint density at radius 2 is 2.21 bits per heavy atom. The van der Waals surface area contributed by atoms with E-state index in [0.717, 1.165) is 31.6 Å². The molecule has 19 heavy (non-hydrogen) atoms. The maximum atomic E-state index is 13.2. The molecule has 0 unspecified atom stereocenters. The number of benzene rings is 1. The van der Waals surface area contributed by atoms with Crippen LogP contribution in [0.5, 0.6) is 0 Å². The van der Waals surface area contributed by atoms with Crippen molar-refractivity contribution in [3.8, 4) is 0 Å². The molecule has 0 atom stereocenters. The van der Waals surface area contributed by atoms with Crippen LogP contribution < -0.4 is 11.1 Å². The topological polar surface area (TPSA) is 55.9 Å². The van der Waals surface area contributed by atoms with Gasteiger partial charge in [0.25, 0.3) is 0 Å². The Kier molecular flexibility index (Phi) is 4.79. The Balaban J connectivity index is 1.75. The molecule has 0 saturated carbocycles. The molecule has 102 valence electrons. The third-order valence-corrected chi connectivity index (χ3v) is 3.42. The molecule has 2 rings (SSSR count). The third kappa shape index (κ3) is 3.96. The third-order valence-electron chi connectivity index (χ3n) is 2.81. The zero-order chi connectivity index (χ0) is 13.7. The minimum absolute atomic E-state index is 0.344. The Morgan fingerprint density at radius 3 is 2.95 bits per heavy atom. The molecular weight excluding hydrogens is 311 g/mol. The zero-order valence-electron chi connectivity index (χ0n) is 10.4. The number of anilines is 2. The van der Waals surface area contributed by atoms with E-state index in [1.807, 2.05) is 17.1 Å². The second kappa shape index (κ2) is 6.56. The molecular formula is C13H16BrFN4. The highest BCUT2D eigenvalue weighted by atomic mass is 79.9. The lowest BCUT2D eigenvalue weighted by Crippen LogP contribution is -2.06. The number of nitrogen functional groups attached to an aromatic ring is 1. The fraction of sp³-hybridized carbons (Fsp3) is 0.308. The van der Waals surface area contributed by atoms with Crippen molar-refractivity contribution in [2.45, 2.75) is 19.4 Å². The van der Waals surface area contributed by atoms with Gasteiger partial charge in [-0.05, 0) is 34.8 Å². The number of halogens is 2. The number of hydrogen-bond acceptors (Lipinski definition) is 3. The summed E-state index contributed by atoms with van der Waals surface area (Å²) < 4.78 is 15.7. The molecule has 0 amide bonds. The highest BCUT2D eigenvalue weighted by Crippen LogP contribution is 2.26. The highest BCUT2D eigenvalue weighted by molar-refractivity contribution is 9.10. The second-order valence-electron chi connectivity index (χ2n) is 4.29. The summed E-state index contributed by atoms with van der Waals surface area (Å²) >= 11 is 3.15. The average Bonchev–Trinajstić information content (AvgIpc) is 2.88. The fourth-order valence-electron chi connectivity index (χ4n) is 1.78. The van der Waals surface area contributed by atoms with Crippen LogP contribution in [0.1, 0.15) is 12.8 Å². The van der Waals surface area contributed by atoms with Crippen LogP contribution in [0.2, 0.25) is 0 Å². The summed E-state index contributed by atoms with van der Waals surface area (Å²) in [5, 5.41) is 3.21. The van der Waals surface area contributed by atoms with E-state index >= 15 is 0 Å². The summed E-state index contributed by atoms with van der Waals surface area (Å²) in [6, 6.07) is 2.98. The van der Waals surface area contributed by atoms with Crippen molar-refractivity contribution in [3.63, 3.8) is 0 Å². The van der Waals surface area contributed by atoms with Crippen molar-refractivity contribution in [3.05, 3.63) is 41.1 Å². The molecule has 0 aliphatic heterocycles. The number of hydrogen-bond donors (Lipinski definition) is 2. The molecule has 3 N–H and O–H groups in total. The molecule has 0 fully saturated rings. The van der Waals surface area contributed by atoms with Crippen LogP contribution in [-0.2, 0) is 6.54 Å². The van der Waals surface area contributed by atoms with Gasteiger partial charge in [0.1, 0.15) is 5.82 Å². The Morgan fingerprint density at radius 1 is 1.37 bits per heavy atom. The molecule has 4 nitrogen and oxygen atoms in total. The maximum Gasteiger partial charge on any atom is 0.139 e. The van der Waals surface area contributed by atoms with E-state index in [1.54, 1.807) is 12.3 Å². The van der Waals surface area contributed by atoms with Crippen molar-refractivity contribution in [1.29, 1.82) is 0 Å². The minimum atomic E-state index is -0.344. The van der Waals surface area contributed by atoms with Crippen LogP contribution in [0.25, 0.3) is 0 Å². The SMILES string of the molecule is Nc1cc(F)c(Br)cc1NCCCCn1ccnc1. The van der Waals surface area contributed by atoms with E-state index in [2.05, 4.69) is 26.2 Å². The van der Waals surface area contributed by atoms with Gasteiger partial charge in [0, 0.05) is 31.5 Å². The first-order valence-corrected chi connectivity index (χ1v) is 6.90. The lowest BCUT2D eigenvalue weighted by atomic mass is 10.2. The summed E-state index contributed by atoms with van der Waals surface area (Å²) in [6.07, 6.45) is 7.58. The number of aromatic nitrogens is 2. The fourth-order valence-corrected chi connectivity index (χ4v) is 2.12. The first-order chi connectivity index (χ1) is 9.16. The predicted octanol–water partition coefficient (Wildman–Crippen LogP) is 3.26. The number of rotatable bonds is 6. The molecule has 1 aromatic heterocycles. The van der Waals surface area contributed by atoms with Crippen LogP contribution in [0.4, 0.5) is 15.8 Å². The predicted molar refractivity (Wildman–Crippen MR) is 78.5 cm³/mol. The van der Waals surface area contributed by atoms with Crippen LogP contribution in [-0.4, -0.2) is 16.1 Å². The smallest absolute Gasteiger partial charge is 0.139 e. The monoisotopic (exact) mass is 326 g/mol. The summed E-state index contributed by atoms with van der Waals surface area (Å²) in [5.74, 6) is -0.344. The van der Waals surface area contributed by atoms with Crippen LogP contribution in [0, 0.1) is 5.82 Å². The summed E-state index contributed by atoms with van der Waals surface area (Å²) in [6.45, 7) is 1.75. The standard InChI is InChI=1S/C13H16BrFN4/c14-10-7-13(12(16)8-11(10)15)18-3-1-2-5-19-6-4-17-9-19/h4,6-9,18H,1-3,5,16H2. The Bertz CT molecular complexity index is 528. The van der Waals surface area contributed by atoms with Gasteiger partial charge in [-0.3, -0.25) is 0 Å². The van der Waals surface area contributed by atoms with Crippen molar-refractivity contribution >= 4 is 27.3 Å². The second-order valence-corrected chi connectivity index (χ2v) is 5.14. The van der Waals surface area contributed by atoms with Crippen LogP contribution in [0.15, 0.2) is 35.3 Å². The highest BCUT2D eigenvalue weighted by Gasteiger charge is 2.05. The number of nitrogens with two attached hydrogens (primary N) is 1. The molecule has 0 spiro atoms. The largest absolute Gasteiger partial charge is 0.397 e. The number of unbranched alkanes of at least 4 members (excludes halogenated alkanes) is 1. The molecule has 1 heterocycles. The molecule has 0 aliphatic carbocycles. The number of nitrogens with one attached hydrogen (secondary N) is 1. The lowest BCUT2D eigenvalue weighted by molar-refractivity contribution is 0.619. The Hall–Kier alpha value is -1.56. The van der Waals surface area contributed by atoms with E-state index < -0.39 is 0 Å². The van der Waals surface area contributed by atoms with Gasteiger partial charge >= 0.3 is 0 Å². The van der Waals surface area contributed by atoms with E-state index in [0.29, 0.717) is 10.2 Å². The summed E-state index contributed by atoms with van der Waals surface area (Å²) in [5.41, 5.74) is 6.93. The van der Waals surface area contributed by atoms with Gasteiger partial charge in [-0.1, -0.05) is 0 Å². The summed E-state index contributed by atoms with van der Waals surface area (Å²) in [7, 11) is 0. The van der Waals surface area contributed by atoms with Gasteiger partial charge in [-0.2, -0.15) is 0 Å². The van der Waals surface area contributed by atoms with Gasteiger partial charge in [-0.25, -0.2) is 9.37 Å². The van der Waals surface area contributed by atoms with E-state index in [-0.39, 0.29) is 5.82 Å². The molecule has 2 aromatic rings. The van der Waals surface area contributed by atoms with E-state index in [4.69, 9.17) is 5.73 Å². The first kappa shape index (κ1) is 13.9. The maximum absolute atomic E-state index is 13.2. The van der Waals surface area contributed by atoms with Crippen molar-refractivity contribution in [2.75, 3.05) is 17.6 Å². The molecule has 0 radical (unpaired) electrons. The van der Waals surface area contributed by atoms with Crippen molar-refractivity contribution < 1.29 is 4.39 Å². The van der Waals surface area contributed by atoms with Gasteiger partial charge in [0.2, 0.25) is 0 Å². The van der Waals surface area contributed by atoms with Gasteiger partial charge in [0.15, 0.2) is 0 Å².